The molecule has 31 heavy (non-hydrogen) atoms. The summed E-state index contributed by atoms with van der Waals surface area (Å²) in [7, 11) is 0. The molecule has 164 valence electrons. The number of likely N-dealkylation sites (tertiary alicyclic amines) is 1. The number of aromatic nitrogens is 3. The minimum Gasteiger partial charge on any atom is -0.465 e. The van der Waals surface area contributed by atoms with Gasteiger partial charge in [-0.25, -0.2) is 18.1 Å². The van der Waals surface area contributed by atoms with Crippen molar-refractivity contribution >= 4 is 17.7 Å². The maximum absolute atomic E-state index is 13.3. The molecule has 0 bridgehead atoms. The van der Waals surface area contributed by atoms with E-state index in [1.807, 2.05) is 41.3 Å². The first kappa shape index (κ1) is 21.2. The van der Waals surface area contributed by atoms with Gasteiger partial charge in [0.2, 0.25) is 0 Å². The topological polar surface area (TPSA) is 82.8 Å². The van der Waals surface area contributed by atoms with Crippen molar-refractivity contribution in [2.24, 2.45) is 0 Å². The highest BCUT2D eigenvalue weighted by Crippen LogP contribution is 2.29. The number of nitrogens with zero attached hydrogens (tertiary/aromatic N) is 4. The van der Waals surface area contributed by atoms with Crippen LogP contribution in [0.5, 0.6) is 0 Å². The number of amides is 1. The lowest BCUT2D eigenvalue weighted by Gasteiger charge is -2.31. The van der Waals surface area contributed by atoms with Crippen molar-refractivity contribution in [3.8, 4) is 11.3 Å². The van der Waals surface area contributed by atoms with Crippen molar-refractivity contribution in [3.05, 3.63) is 48.0 Å². The number of fused-ring (bicyclic) bond motifs is 1. The zero-order valence-corrected chi connectivity index (χ0v) is 17.1. The first-order valence-corrected chi connectivity index (χ1v) is 10.4. The van der Waals surface area contributed by atoms with Gasteiger partial charge in [-0.15, -0.1) is 5.10 Å². The highest BCUT2D eigenvalue weighted by Gasteiger charge is 2.33. The Balaban J connectivity index is 0.000000710. The number of nitrogens with one attached hydrogen (secondary N) is 1. The van der Waals surface area contributed by atoms with Gasteiger partial charge in [0.1, 0.15) is 0 Å². The highest BCUT2D eigenvalue weighted by atomic mass is 19.3. The van der Waals surface area contributed by atoms with Gasteiger partial charge >= 0.3 is 6.09 Å². The fraction of sp³-hybridized carbons (Fsp3) is 0.409. The number of halogens is 2. The van der Waals surface area contributed by atoms with E-state index in [1.165, 1.54) is 19.3 Å². The quantitative estimate of drug-likeness (QED) is 0.617. The number of hydrogen-bond donors (Lipinski definition) is 2. The van der Waals surface area contributed by atoms with Gasteiger partial charge in [-0.1, -0.05) is 49.6 Å². The number of carboxylic acid groups (broad SMARTS) is 1. The number of rotatable bonds is 4. The minimum absolute atomic E-state index is 0.0125. The maximum atomic E-state index is 13.3. The second kappa shape index (κ2) is 8.97. The molecule has 1 saturated carbocycles. The van der Waals surface area contributed by atoms with Crippen LogP contribution >= 0.6 is 0 Å². The maximum Gasteiger partial charge on any atom is 0.411 e. The Kier molecular flexibility index (Phi) is 6.13. The second-order valence-electron chi connectivity index (χ2n) is 7.94. The number of piperidine rings is 1. The van der Waals surface area contributed by atoms with E-state index >= 15 is 0 Å². The fourth-order valence-corrected chi connectivity index (χ4v) is 3.35. The third kappa shape index (κ3) is 5.75. The predicted molar refractivity (Wildman–Crippen MR) is 113 cm³/mol. The zero-order valence-electron chi connectivity index (χ0n) is 17.1. The normalized spacial score (nSPS) is 17.6. The lowest BCUT2D eigenvalue weighted by molar-refractivity contribution is -0.0566. The summed E-state index contributed by atoms with van der Waals surface area (Å²) in [6, 6.07) is 13.2. The zero-order chi connectivity index (χ0) is 21.8. The lowest BCUT2D eigenvalue weighted by Crippen LogP contribution is -2.38. The smallest absolute Gasteiger partial charge is 0.411 e. The van der Waals surface area contributed by atoms with E-state index in [2.05, 4.69) is 15.4 Å². The fourth-order valence-electron chi connectivity index (χ4n) is 3.35. The van der Waals surface area contributed by atoms with Crippen LogP contribution < -0.4 is 5.32 Å². The molecule has 3 heterocycles. The molecule has 1 aliphatic heterocycles. The number of anilines is 1. The summed E-state index contributed by atoms with van der Waals surface area (Å²) < 4.78 is 28.1. The third-order valence-electron chi connectivity index (χ3n) is 5.18. The molecule has 7 nitrogen and oxygen atoms in total. The monoisotopic (exact) mass is 429 g/mol. The summed E-state index contributed by atoms with van der Waals surface area (Å²) in [6.07, 6.45) is 3.09. The predicted octanol–water partition coefficient (Wildman–Crippen LogP) is 4.89. The summed E-state index contributed by atoms with van der Waals surface area (Å²) in [5.41, 5.74) is 3.24. The van der Waals surface area contributed by atoms with Crippen molar-refractivity contribution in [3.63, 3.8) is 0 Å². The highest BCUT2D eigenvalue weighted by molar-refractivity contribution is 5.80. The number of pyridine rings is 1. The van der Waals surface area contributed by atoms with Gasteiger partial charge in [0.05, 0.1) is 5.69 Å². The summed E-state index contributed by atoms with van der Waals surface area (Å²) in [5, 5.41) is 15.2. The Morgan fingerprint density at radius 2 is 1.74 bits per heavy atom. The van der Waals surface area contributed by atoms with Gasteiger partial charge in [0.15, 0.2) is 5.65 Å². The number of alkyl halides is 2. The first-order chi connectivity index (χ1) is 14.9. The Morgan fingerprint density at radius 3 is 2.35 bits per heavy atom. The van der Waals surface area contributed by atoms with Crippen LogP contribution in [0.3, 0.4) is 0 Å². The van der Waals surface area contributed by atoms with E-state index in [-0.39, 0.29) is 18.8 Å². The van der Waals surface area contributed by atoms with Gasteiger partial charge < -0.3 is 5.11 Å². The largest absolute Gasteiger partial charge is 0.465 e. The van der Waals surface area contributed by atoms with Crippen molar-refractivity contribution in [1.82, 2.24) is 19.5 Å². The SMILES string of the molecule is C1CC1.O=C(O)Nc1nc2cccc(-c3ccc(CN4CCC(F)(F)CC4)cc3)n2n1. The van der Waals surface area contributed by atoms with E-state index < -0.39 is 12.0 Å². The Morgan fingerprint density at radius 1 is 1.06 bits per heavy atom. The standard InChI is InChI=1S/C19H19F2N5O2.C3H6/c20-19(21)8-10-25(11-9-19)12-13-4-6-14(7-5-13)15-2-1-3-16-22-17(23-18(27)28)24-26(15)16;1-2-3-1/h1-7H,8-12H2,(H,23,24)(H,27,28);1-3H2. The van der Waals surface area contributed by atoms with Crippen molar-refractivity contribution in [2.45, 2.75) is 44.6 Å². The lowest BCUT2D eigenvalue weighted by atomic mass is 10.0. The van der Waals surface area contributed by atoms with E-state index in [9.17, 15) is 13.6 Å². The Hall–Kier alpha value is -3.07. The van der Waals surface area contributed by atoms with Crippen LogP contribution in [0.15, 0.2) is 42.5 Å². The van der Waals surface area contributed by atoms with Crippen molar-refractivity contribution in [1.29, 1.82) is 0 Å². The molecule has 2 fully saturated rings. The van der Waals surface area contributed by atoms with E-state index in [1.54, 1.807) is 10.6 Å². The average molecular weight is 429 g/mol. The molecule has 2 aromatic heterocycles. The number of benzene rings is 1. The molecule has 0 spiro atoms. The van der Waals surface area contributed by atoms with Crippen LogP contribution in [0, 0.1) is 0 Å². The van der Waals surface area contributed by atoms with Crippen LogP contribution in [0.25, 0.3) is 16.9 Å². The molecule has 3 aromatic rings. The molecule has 0 atom stereocenters. The minimum atomic E-state index is -2.54. The molecule has 1 saturated heterocycles. The van der Waals surface area contributed by atoms with Gasteiger partial charge in [-0.05, 0) is 17.7 Å². The van der Waals surface area contributed by atoms with Crippen molar-refractivity contribution < 1.29 is 18.7 Å². The molecule has 2 aliphatic rings. The summed E-state index contributed by atoms with van der Waals surface area (Å²) >= 11 is 0. The molecular weight excluding hydrogens is 404 g/mol. The average Bonchev–Trinajstić information content (AvgIpc) is 3.56. The summed E-state index contributed by atoms with van der Waals surface area (Å²) in [4.78, 5) is 17.0. The van der Waals surface area contributed by atoms with Gasteiger partial charge in [-0.3, -0.25) is 10.2 Å². The molecule has 9 heteroatoms. The Bertz CT molecular complexity index is 1040. The van der Waals surface area contributed by atoms with Crippen LogP contribution in [0.1, 0.15) is 37.7 Å². The number of hydrogen-bond acceptors (Lipinski definition) is 4. The van der Waals surface area contributed by atoms with Crippen LogP contribution in [0.4, 0.5) is 19.5 Å². The summed E-state index contributed by atoms with van der Waals surface area (Å²) in [6.45, 7) is 1.43. The number of carbonyl (C=O) groups is 1. The van der Waals surface area contributed by atoms with Crippen LogP contribution in [-0.2, 0) is 6.54 Å². The van der Waals surface area contributed by atoms with E-state index in [4.69, 9.17) is 5.11 Å². The van der Waals surface area contributed by atoms with Gasteiger partial charge in [0, 0.05) is 38.0 Å². The van der Waals surface area contributed by atoms with E-state index in [0.717, 1.165) is 16.8 Å². The van der Waals surface area contributed by atoms with E-state index in [0.29, 0.717) is 25.3 Å². The second-order valence-corrected chi connectivity index (χ2v) is 7.94. The van der Waals surface area contributed by atoms with Crippen molar-refractivity contribution in [2.75, 3.05) is 18.4 Å². The third-order valence-corrected chi connectivity index (χ3v) is 5.18. The molecule has 5 rings (SSSR count). The van der Waals surface area contributed by atoms with Crippen LogP contribution in [0.2, 0.25) is 0 Å². The Labute approximate surface area is 178 Å². The molecule has 1 aliphatic carbocycles. The molecule has 0 unspecified atom stereocenters. The van der Waals surface area contributed by atoms with Gasteiger partial charge in [0.25, 0.3) is 11.9 Å². The molecular formula is C22H25F2N5O2. The summed E-state index contributed by atoms with van der Waals surface area (Å²) in [5.74, 6) is -2.52. The van der Waals surface area contributed by atoms with Gasteiger partial charge in [-0.2, -0.15) is 4.98 Å². The molecule has 1 aromatic carbocycles. The first-order valence-electron chi connectivity index (χ1n) is 10.4. The van der Waals surface area contributed by atoms with Crippen LogP contribution in [-0.4, -0.2) is 49.7 Å². The molecule has 0 radical (unpaired) electrons. The molecule has 1 amide bonds. The molecule has 2 N–H and O–H groups in total.